The van der Waals surface area contributed by atoms with Gasteiger partial charge in [0, 0.05) is 61.7 Å². The third-order valence-corrected chi connectivity index (χ3v) is 10.3. The van der Waals surface area contributed by atoms with E-state index in [-0.39, 0.29) is 40.9 Å². The Bertz CT molecular complexity index is 1400. The molecular formula is C35H46FN5O3S. The molecule has 2 aliphatic heterocycles. The summed E-state index contributed by atoms with van der Waals surface area (Å²) >= 11 is 1.12. The Morgan fingerprint density at radius 2 is 1.76 bits per heavy atom. The fourth-order valence-electron chi connectivity index (χ4n) is 6.52. The third-order valence-electron chi connectivity index (χ3n) is 9.20. The quantitative estimate of drug-likeness (QED) is 0.199. The monoisotopic (exact) mass is 635 g/mol. The van der Waals surface area contributed by atoms with Crippen LogP contribution in [0.5, 0.6) is 11.5 Å². The zero-order chi connectivity index (χ0) is 32.1. The van der Waals surface area contributed by atoms with Crippen molar-refractivity contribution in [3.05, 3.63) is 58.9 Å². The van der Waals surface area contributed by atoms with E-state index < -0.39 is 11.7 Å². The van der Waals surface area contributed by atoms with E-state index in [9.17, 15) is 9.59 Å². The van der Waals surface area contributed by atoms with Gasteiger partial charge in [0.15, 0.2) is 0 Å². The molecule has 3 N–H and O–H groups in total. The SMILES string of the molecule is CC(C)C(=N)SC(=N)c1ccc(Oc2cc(C(=O)NC3CCN(C4CCCCC4)CC3)c(F)cc2CN2C[C@@H](C)CC2=O)cc1. The minimum absolute atomic E-state index is 0.0117. The second-order valence-corrected chi connectivity index (χ2v) is 14.2. The smallest absolute Gasteiger partial charge is 0.254 e. The maximum Gasteiger partial charge on any atom is 0.254 e. The Hall–Kier alpha value is -3.24. The number of piperidine rings is 1. The molecule has 8 nitrogen and oxygen atoms in total. The van der Waals surface area contributed by atoms with Crippen molar-refractivity contribution in [2.24, 2.45) is 11.8 Å². The zero-order valence-corrected chi connectivity index (χ0v) is 27.5. The second-order valence-electron chi connectivity index (χ2n) is 13.2. The van der Waals surface area contributed by atoms with E-state index in [1.807, 2.05) is 20.8 Å². The Labute approximate surface area is 270 Å². The van der Waals surface area contributed by atoms with Gasteiger partial charge in [0.05, 0.1) is 10.6 Å². The molecule has 2 aromatic carbocycles. The summed E-state index contributed by atoms with van der Waals surface area (Å²) in [6, 6.07) is 10.4. The number of carbonyl (C=O) groups is 2. The minimum atomic E-state index is -0.636. The molecule has 2 aromatic rings. The lowest BCUT2D eigenvalue weighted by Gasteiger charge is -2.39. The Kier molecular flexibility index (Phi) is 11.0. The predicted octanol–water partition coefficient (Wildman–Crippen LogP) is 7.21. The van der Waals surface area contributed by atoms with Gasteiger partial charge in [0.25, 0.3) is 5.91 Å². The highest BCUT2D eigenvalue weighted by Gasteiger charge is 2.30. The van der Waals surface area contributed by atoms with Crippen LogP contribution in [-0.4, -0.2) is 63.4 Å². The molecule has 2 saturated heterocycles. The highest BCUT2D eigenvalue weighted by molar-refractivity contribution is 8.26. The van der Waals surface area contributed by atoms with E-state index in [0.29, 0.717) is 46.7 Å². The first-order chi connectivity index (χ1) is 21.6. The van der Waals surface area contributed by atoms with E-state index >= 15 is 4.39 Å². The molecule has 0 radical (unpaired) electrons. The lowest BCUT2D eigenvalue weighted by molar-refractivity contribution is -0.128. The molecule has 0 unspecified atom stereocenters. The zero-order valence-electron chi connectivity index (χ0n) is 26.7. The number of rotatable bonds is 9. The number of amides is 2. The molecule has 0 bridgehead atoms. The lowest BCUT2D eigenvalue weighted by atomic mass is 9.92. The van der Waals surface area contributed by atoms with Crippen LogP contribution in [0.4, 0.5) is 4.39 Å². The van der Waals surface area contributed by atoms with Crippen molar-refractivity contribution in [3.8, 4) is 11.5 Å². The number of likely N-dealkylation sites (tertiary alicyclic amines) is 2. The van der Waals surface area contributed by atoms with Crippen LogP contribution in [0, 0.1) is 28.5 Å². The van der Waals surface area contributed by atoms with Gasteiger partial charge in [-0.1, -0.05) is 51.8 Å². The molecule has 1 aliphatic carbocycles. The van der Waals surface area contributed by atoms with Gasteiger partial charge < -0.3 is 19.9 Å². The Balaban J connectivity index is 1.31. The van der Waals surface area contributed by atoms with E-state index in [1.165, 1.54) is 44.2 Å². The average Bonchev–Trinajstić information content (AvgIpc) is 3.35. The molecule has 1 saturated carbocycles. The van der Waals surface area contributed by atoms with E-state index in [1.54, 1.807) is 29.2 Å². The van der Waals surface area contributed by atoms with Crippen LogP contribution >= 0.6 is 11.8 Å². The highest BCUT2D eigenvalue weighted by atomic mass is 32.2. The summed E-state index contributed by atoms with van der Waals surface area (Å²) in [4.78, 5) is 30.2. The summed E-state index contributed by atoms with van der Waals surface area (Å²) in [5.41, 5.74) is 1.07. The van der Waals surface area contributed by atoms with E-state index in [2.05, 4.69) is 10.2 Å². The molecule has 2 amide bonds. The number of nitrogens with zero attached hydrogens (tertiary/aromatic N) is 2. The van der Waals surface area contributed by atoms with Crippen molar-refractivity contribution in [1.29, 1.82) is 10.8 Å². The molecule has 242 valence electrons. The van der Waals surface area contributed by atoms with Crippen LogP contribution in [0.2, 0.25) is 0 Å². The lowest BCUT2D eigenvalue weighted by Crippen LogP contribution is -2.48. The predicted molar refractivity (Wildman–Crippen MR) is 178 cm³/mol. The maximum atomic E-state index is 15.6. The van der Waals surface area contributed by atoms with Crippen LogP contribution in [0.15, 0.2) is 36.4 Å². The van der Waals surface area contributed by atoms with Crippen LogP contribution in [0.25, 0.3) is 0 Å². The first-order valence-electron chi connectivity index (χ1n) is 16.4. The number of carbonyl (C=O) groups excluding carboxylic acids is 2. The number of hydrogen-bond donors (Lipinski definition) is 3. The molecular weight excluding hydrogens is 589 g/mol. The Morgan fingerprint density at radius 3 is 2.38 bits per heavy atom. The summed E-state index contributed by atoms with van der Waals surface area (Å²) in [5, 5.41) is 20.2. The number of ether oxygens (including phenoxy) is 1. The van der Waals surface area contributed by atoms with Gasteiger partial charge in [-0.2, -0.15) is 0 Å². The third kappa shape index (κ3) is 8.52. The number of benzene rings is 2. The van der Waals surface area contributed by atoms with Gasteiger partial charge in [-0.25, -0.2) is 4.39 Å². The first kappa shape index (κ1) is 33.1. The van der Waals surface area contributed by atoms with Crippen molar-refractivity contribution in [3.63, 3.8) is 0 Å². The fraction of sp³-hybridized carbons (Fsp3) is 0.543. The van der Waals surface area contributed by atoms with Gasteiger partial charge in [0.2, 0.25) is 5.91 Å². The summed E-state index contributed by atoms with van der Waals surface area (Å²) in [6.07, 6.45) is 8.57. The van der Waals surface area contributed by atoms with Crippen molar-refractivity contribution >= 4 is 33.7 Å². The van der Waals surface area contributed by atoms with Crippen molar-refractivity contribution in [2.45, 2.75) is 90.8 Å². The van der Waals surface area contributed by atoms with E-state index in [0.717, 1.165) is 37.7 Å². The fourth-order valence-corrected chi connectivity index (χ4v) is 7.23. The van der Waals surface area contributed by atoms with Crippen LogP contribution in [-0.2, 0) is 11.3 Å². The Morgan fingerprint density at radius 1 is 1.07 bits per heavy atom. The number of hydrogen-bond acceptors (Lipinski definition) is 7. The number of nitrogens with one attached hydrogen (secondary N) is 3. The highest BCUT2D eigenvalue weighted by Crippen LogP contribution is 2.32. The largest absolute Gasteiger partial charge is 0.457 e. The average molecular weight is 636 g/mol. The maximum absolute atomic E-state index is 15.6. The van der Waals surface area contributed by atoms with Crippen molar-refractivity contribution in [1.82, 2.24) is 15.1 Å². The van der Waals surface area contributed by atoms with Crippen LogP contribution in [0.3, 0.4) is 0 Å². The molecule has 5 rings (SSSR count). The van der Waals surface area contributed by atoms with Crippen LogP contribution in [0.1, 0.15) is 93.6 Å². The minimum Gasteiger partial charge on any atom is -0.457 e. The standard InChI is InChI=1S/C35H46FN5O3S/c1-22(2)33(37)45-34(38)24-9-11-28(12-10-24)44-31-19-29(30(36)18-25(31)21-41-20-23(3)17-32(41)42)35(43)39-26-13-15-40(16-14-26)27-7-5-4-6-8-27/h9-12,18-19,22-23,26-27,37-38H,4-8,13-17,20-21H2,1-3H3,(H,39,43)/t23-/m0/s1. The molecule has 10 heteroatoms. The van der Waals surface area contributed by atoms with Gasteiger partial charge >= 0.3 is 0 Å². The first-order valence-corrected chi connectivity index (χ1v) is 17.2. The number of thioether (sulfide) groups is 1. The van der Waals surface area contributed by atoms with Crippen molar-refractivity contribution < 1.29 is 18.7 Å². The topological polar surface area (TPSA) is 110 Å². The molecule has 0 aromatic heterocycles. The summed E-state index contributed by atoms with van der Waals surface area (Å²) in [5.74, 6) is -0.0319. The normalized spacial score (nSPS) is 20.1. The van der Waals surface area contributed by atoms with Gasteiger partial charge in [-0.15, -0.1) is 0 Å². The van der Waals surface area contributed by atoms with Gasteiger partial charge in [-0.3, -0.25) is 20.4 Å². The molecule has 0 spiro atoms. The van der Waals surface area contributed by atoms with Gasteiger partial charge in [-0.05, 0) is 68.0 Å². The number of halogens is 1. The molecule has 3 aliphatic rings. The second kappa shape index (κ2) is 14.9. The van der Waals surface area contributed by atoms with Crippen LogP contribution < -0.4 is 10.1 Å². The molecule has 3 fully saturated rings. The summed E-state index contributed by atoms with van der Waals surface area (Å²) in [6.45, 7) is 8.52. The molecule has 1 atom stereocenters. The molecule has 45 heavy (non-hydrogen) atoms. The summed E-state index contributed by atoms with van der Waals surface area (Å²) < 4.78 is 21.8. The van der Waals surface area contributed by atoms with Gasteiger partial charge in [0.1, 0.15) is 22.4 Å². The molecule has 2 heterocycles. The van der Waals surface area contributed by atoms with E-state index in [4.69, 9.17) is 15.6 Å². The summed E-state index contributed by atoms with van der Waals surface area (Å²) in [7, 11) is 0. The van der Waals surface area contributed by atoms with Crippen molar-refractivity contribution in [2.75, 3.05) is 19.6 Å².